The smallest absolute Gasteiger partial charge is 0.341 e. The molecule has 1 amide bonds. The van der Waals surface area contributed by atoms with Crippen LogP contribution in [0.2, 0.25) is 0 Å². The number of carbonyl (C=O) groups excluding carboxylic acids is 2. The van der Waals surface area contributed by atoms with Gasteiger partial charge in [-0.3, -0.25) is 14.9 Å². The van der Waals surface area contributed by atoms with E-state index >= 15 is 0 Å². The van der Waals surface area contributed by atoms with Crippen molar-refractivity contribution < 1.29 is 28.7 Å². The highest BCUT2D eigenvalue weighted by molar-refractivity contribution is 7.16. The predicted octanol–water partition coefficient (Wildman–Crippen LogP) is 5.49. The average molecular weight is 538 g/mol. The lowest BCUT2D eigenvalue weighted by Crippen LogP contribution is -2.20. The fraction of sp³-hybridized carbons (Fsp3) is 0.296. The zero-order valence-electron chi connectivity index (χ0n) is 21.0. The summed E-state index contributed by atoms with van der Waals surface area (Å²) < 4.78 is 16.3. The Balaban J connectivity index is 1.45. The Morgan fingerprint density at radius 3 is 2.74 bits per heavy atom. The van der Waals surface area contributed by atoms with Crippen LogP contribution in [-0.4, -0.2) is 43.3 Å². The SMILES string of the molecule is CCOC(=O)c1c(N=Cc2ccc(OCC(=O)Nc3cccc([N+](=O)[O-])c3)c(OC)c2)sc2c1CCCC2. The van der Waals surface area contributed by atoms with Crippen molar-refractivity contribution in [3.63, 3.8) is 0 Å². The van der Waals surface area contributed by atoms with Gasteiger partial charge in [0.05, 0.1) is 24.2 Å². The minimum atomic E-state index is -0.536. The number of benzene rings is 2. The Hall–Kier alpha value is -4.25. The van der Waals surface area contributed by atoms with Crippen LogP contribution in [0.3, 0.4) is 0 Å². The Labute approximate surface area is 223 Å². The Morgan fingerprint density at radius 2 is 1.97 bits per heavy atom. The molecule has 1 aliphatic rings. The van der Waals surface area contributed by atoms with Crippen molar-refractivity contribution >= 4 is 45.8 Å². The molecular formula is C27H27N3O7S. The number of hydrogen-bond donors (Lipinski definition) is 1. The molecule has 2 aromatic carbocycles. The molecule has 0 saturated heterocycles. The van der Waals surface area contributed by atoms with Gasteiger partial charge in [0.1, 0.15) is 5.00 Å². The number of nitrogens with zero attached hydrogens (tertiary/aromatic N) is 2. The molecule has 1 aliphatic carbocycles. The normalized spacial score (nSPS) is 12.6. The summed E-state index contributed by atoms with van der Waals surface area (Å²) in [6, 6.07) is 10.8. The maximum atomic E-state index is 12.7. The Kier molecular flexibility index (Phi) is 8.70. The molecule has 0 bridgehead atoms. The van der Waals surface area contributed by atoms with Crippen LogP contribution in [0.1, 0.15) is 46.1 Å². The predicted molar refractivity (Wildman–Crippen MR) is 144 cm³/mol. The van der Waals surface area contributed by atoms with Gasteiger partial charge in [0, 0.05) is 28.9 Å². The molecule has 1 aromatic heterocycles. The first kappa shape index (κ1) is 26.8. The number of anilines is 1. The number of methoxy groups -OCH3 is 1. The van der Waals surface area contributed by atoms with Gasteiger partial charge >= 0.3 is 5.97 Å². The van der Waals surface area contributed by atoms with E-state index in [2.05, 4.69) is 10.3 Å². The number of carbonyl (C=O) groups is 2. The summed E-state index contributed by atoms with van der Waals surface area (Å²) in [5.41, 5.74) is 2.50. The lowest BCUT2D eigenvalue weighted by Gasteiger charge is -2.12. The molecule has 0 fully saturated rings. The quantitative estimate of drug-likeness (QED) is 0.157. The summed E-state index contributed by atoms with van der Waals surface area (Å²) in [6.45, 7) is 1.76. The number of nitrogens with one attached hydrogen (secondary N) is 1. The maximum absolute atomic E-state index is 12.7. The monoisotopic (exact) mass is 537 g/mol. The molecule has 198 valence electrons. The number of fused-ring (bicyclic) bond motifs is 1. The van der Waals surface area contributed by atoms with Gasteiger partial charge in [-0.15, -0.1) is 11.3 Å². The van der Waals surface area contributed by atoms with Gasteiger partial charge in [-0.25, -0.2) is 9.79 Å². The van der Waals surface area contributed by atoms with E-state index in [1.165, 1.54) is 41.5 Å². The fourth-order valence-electron chi connectivity index (χ4n) is 4.11. The Morgan fingerprint density at radius 1 is 1.16 bits per heavy atom. The van der Waals surface area contributed by atoms with Crippen LogP contribution in [0.4, 0.5) is 16.4 Å². The third-order valence-electron chi connectivity index (χ3n) is 5.85. The molecule has 1 N–H and O–H groups in total. The van der Waals surface area contributed by atoms with E-state index < -0.39 is 10.8 Å². The molecule has 38 heavy (non-hydrogen) atoms. The van der Waals surface area contributed by atoms with Crippen LogP contribution in [0.25, 0.3) is 0 Å². The largest absolute Gasteiger partial charge is 0.493 e. The van der Waals surface area contributed by atoms with Crippen LogP contribution in [0.15, 0.2) is 47.5 Å². The zero-order valence-corrected chi connectivity index (χ0v) is 21.8. The standard InChI is InChI=1S/C27H27N3O7S/c1-3-36-27(32)25-20-9-4-5-10-23(20)38-26(25)28-15-17-11-12-21(22(13-17)35-2)37-16-24(31)29-18-7-6-8-19(14-18)30(33)34/h6-8,11-15H,3-5,9-10,16H2,1-2H3,(H,29,31). The second-order valence-electron chi connectivity index (χ2n) is 8.42. The molecule has 0 aliphatic heterocycles. The molecule has 0 radical (unpaired) electrons. The summed E-state index contributed by atoms with van der Waals surface area (Å²) in [4.78, 5) is 41.1. The van der Waals surface area contributed by atoms with Gasteiger partial charge in [-0.2, -0.15) is 0 Å². The number of aryl methyl sites for hydroxylation is 1. The molecular weight excluding hydrogens is 510 g/mol. The summed E-state index contributed by atoms with van der Waals surface area (Å²) in [7, 11) is 1.48. The third kappa shape index (κ3) is 6.35. The number of aliphatic imine (C=N–C) groups is 1. The van der Waals surface area contributed by atoms with Gasteiger partial charge in [-0.05, 0) is 68.0 Å². The van der Waals surface area contributed by atoms with Crippen LogP contribution in [0, 0.1) is 10.1 Å². The van der Waals surface area contributed by atoms with Crippen molar-refractivity contribution in [1.29, 1.82) is 0 Å². The van der Waals surface area contributed by atoms with E-state index in [0.29, 0.717) is 34.4 Å². The molecule has 10 nitrogen and oxygen atoms in total. The lowest BCUT2D eigenvalue weighted by molar-refractivity contribution is -0.384. The molecule has 3 aromatic rings. The molecule has 0 spiro atoms. The van der Waals surface area contributed by atoms with E-state index in [-0.39, 0.29) is 18.3 Å². The van der Waals surface area contributed by atoms with Crippen LogP contribution >= 0.6 is 11.3 Å². The van der Waals surface area contributed by atoms with Gasteiger partial charge < -0.3 is 19.5 Å². The van der Waals surface area contributed by atoms with Crippen molar-refractivity contribution in [3.8, 4) is 11.5 Å². The number of hydrogen-bond acceptors (Lipinski definition) is 9. The van der Waals surface area contributed by atoms with E-state index in [1.807, 2.05) is 0 Å². The van der Waals surface area contributed by atoms with E-state index in [9.17, 15) is 19.7 Å². The number of non-ortho nitro benzene ring substituents is 1. The van der Waals surface area contributed by atoms with Crippen molar-refractivity contribution in [1.82, 2.24) is 0 Å². The van der Waals surface area contributed by atoms with E-state index in [1.54, 1.807) is 37.4 Å². The molecule has 0 saturated carbocycles. The molecule has 0 unspecified atom stereocenters. The minimum absolute atomic E-state index is 0.125. The summed E-state index contributed by atoms with van der Waals surface area (Å²) in [5.74, 6) is -0.0825. The van der Waals surface area contributed by atoms with Crippen molar-refractivity contribution in [2.24, 2.45) is 4.99 Å². The second-order valence-corrected chi connectivity index (χ2v) is 9.51. The average Bonchev–Trinajstić information content (AvgIpc) is 3.29. The highest BCUT2D eigenvalue weighted by atomic mass is 32.1. The van der Waals surface area contributed by atoms with Crippen LogP contribution in [0.5, 0.6) is 11.5 Å². The number of nitro benzene ring substituents is 1. The minimum Gasteiger partial charge on any atom is -0.493 e. The Bertz CT molecular complexity index is 1380. The topological polar surface area (TPSA) is 129 Å². The molecule has 11 heteroatoms. The van der Waals surface area contributed by atoms with Gasteiger partial charge in [0.25, 0.3) is 11.6 Å². The van der Waals surface area contributed by atoms with E-state index in [0.717, 1.165) is 36.8 Å². The molecule has 1 heterocycles. The summed E-state index contributed by atoms with van der Waals surface area (Å²) >= 11 is 1.53. The second kappa shape index (κ2) is 12.3. The zero-order chi connectivity index (χ0) is 27.1. The number of amides is 1. The number of rotatable bonds is 10. The fourth-order valence-corrected chi connectivity index (χ4v) is 5.33. The van der Waals surface area contributed by atoms with Crippen molar-refractivity contribution in [3.05, 3.63) is 74.1 Å². The number of ether oxygens (including phenoxy) is 3. The van der Waals surface area contributed by atoms with Crippen LogP contribution in [-0.2, 0) is 22.4 Å². The van der Waals surface area contributed by atoms with E-state index in [4.69, 9.17) is 14.2 Å². The highest BCUT2D eigenvalue weighted by Gasteiger charge is 2.26. The van der Waals surface area contributed by atoms with Crippen molar-refractivity contribution in [2.75, 3.05) is 25.6 Å². The lowest BCUT2D eigenvalue weighted by atomic mass is 9.95. The molecule has 0 atom stereocenters. The molecule has 4 rings (SSSR count). The number of esters is 1. The first-order chi connectivity index (χ1) is 18.4. The van der Waals surface area contributed by atoms with Gasteiger partial charge in [0.2, 0.25) is 0 Å². The highest BCUT2D eigenvalue weighted by Crippen LogP contribution is 2.40. The van der Waals surface area contributed by atoms with Gasteiger partial charge in [0.15, 0.2) is 18.1 Å². The van der Waals surface area contributed by atoms with Crippen molar-refractivity contribution in [2.45, 2.75) is 32.6 Å². The number of nitro groups is 1. The maximum Gasteiger partial charge on any atom is 0.341 e. The summed E-state index contributed by atoms with van der Waals surface area (Å²) in [5, 5.41) is 14.1. The van der Waals surface area contributed by atoms with Crippen LogP contribution < -0.4 is 14.8 Å². The first-order valence-corrected chi connectivity index (χ1v) is 12.9. The first-order valence-electron chi connectivity index (χ1n) is 12.1. The summed E-state index contributed by atoms with van der Waals surface area (Å²) in [6.07, 6.45) is 5.59. The number of thiophene rings is 1. The third-order valence-corrected chi connectivity index (χ3v) is 7.05. The van der Waals surface area contributed by atoms with Gasteiger partial charge in [-0.1, -0.05) is 6.07 Å².